The van der Waals surface area contributed by atoms with Gasteiger partial charge in [0.15, 0.2) is 22.6 Å². The van der Waals surface area contributed by atoms with Crippen LogP contribution in [0.25, 0.3) is 11.2 Å². The number of nitrogen functional groups attached to an aromatic ring is 1. The number of unbranched alkanes of at least 4 members (excludes halogenated alkanes) is 16. The van der Waals surface area contributed by atoms with Crippen molar-refractivity contribution >= 4 is 30.7 Å². The van der Waals surface area contributed by atoms with E-state index in [0.29, 0.717) is 0 Å². The summed E-state index contributed by atoms with van der Waals surface area (Å²) in [4.78, 5) is 26.1. The summed E-state index contributed by atoms with van der Waals surface area (Å²) in [5, 5.41) is 14.4. The number of fused-ring (bicyclic) bond motifs is 1. The maximum absolute atomic E-state index is 15.1. The number of nitrogens with one attached hydrogen (secondary N) is 1. The topological polar surface area (TPSA) is 173 Å². The van der Waals surface area contributed by atoms with Crippen LogP contribution in [-0.4, -0.2) is 61.1 Å². The number of anilines is 1. The van der Waals surface area contributed by atoms with E-state index >= 15 is 4.57 Å². The van der Waals surface area contributed by atoms with Crippen molar-refractivity contribution in [3.05, 3.63) is 78.6 Å². The van der Waals surface area contributed by atoms with Crippen molar-refractivity contribution in [1.82, 2.24) is 24.6 Å². The summed E-state index contributed by atoms with van der Waals surface area (Å²) in [6.07, 6.45) is 26.6. The Bertz CT molecular complexity index is 2070. The number of carbonyl (C=O) groups is 1. The highest BCUT2D eigenvalue weighted by molar-refractivity contribution is 7.52. The fourth-order valence-electron chi connectivity index (χ4n) is 8.33. The van der Waals surface area contributed by atoms with Crippen LogP contribution >= 0.6 is 7.75 Å². The van der Waals surface area contributed by atoms with Gasteiger partial charge in [0.1, 0.15) is 36.8 Å². The lowest BCUT2D eigenvalue weighted by atomic mass is 9.99. The minimum Gasteiger partial charge on any atom is -0.461 e. The average molecular weight is 919 g/mol. The smallest absolute Gasteiger partial charge is 0.459 e. The van der Waals surface area contributed by atoms with Gasteiger partial charge in [-0.2, -0.15) is 19.4 Å². The molecule has 1 fully saturated rings. The van der Waals surface area contributed by atoms with Gasteiger partial charge in [-0.15, -0.1) is 6.42 Å². The Balaban J connectivity index is 1.32. The summed E-state index contributed by atoms with van der Waals surface area (Å²) in [5.41, 5.74) is 5.00. The number of hydrogen-bond donors (Lipinski definition) is 3. The van der Waals surface area contributed by atoms with E-state index in [9.17, 15) is 14.3 Å². The predicted octanol–water partition coefficient (Wildman–Crippen LogP) is 11.4. The third-order valence-electron chi connectivity index (χ3n) is 12.1. The number of para-hydroxylation sites is 1. The normalized spacial score (nSPS) is 18.7. The SMILES string of the molecule is C#C[C@]1(CO[P@@](=O)(N[C@@H](Cc2ccccc2)C(=O)OC(CCCCCCCCCCC)CCCCCCCCCCC)Oc2ccccc2)O[C@@H](n2cnc3c(N)nc(F)nc32)C[C@@H]1O. The second-order valence-corrected chi connectivity index (χ2v) is 19.1. The third-order valence-corrected chi connectivity index (χ3v) is 13.7. The van der Waals surface area contributed by atoms with E-state index in [0.717, 1.165) is 56.9 Å². The van der Waals surface area contributed by atoms with E-state index < -0.39 is 50.4 Å². The monoisotopic (exact) mass is 919 g/mol. The van der Waals surface area contributed by atoms with Gasteiger partial charge in [0.25, 0.3) is 0 Å². The van der Waals surface area contributed by atoms with Gasteiger partial charge >= 0.3 is 19.8 Å². The highest BCUT2D eigenvalue weighted by atomic mass is 31.2. The van der Waals surface area contributed by atoms with Crippen LogP contribution in [0.4, 0.5) is 10.2 Å². The third kappa shape index (κ3) is 16.5. The first-order valence-electron chi connectivity index (χ1n) is 24.1. The maximum atomic E-state index is 15.1. The molecule has 0 spiro atoms. The molecule has 1 aliphatic heterocycles. The van der Waals surface area contributed by atoms with E-state index in [1.807, 2.05) is 30.3 Å². The van der Waals surface area contributed by atoms with E-state index in [1.54, 1.807) is 30.3 Å². The molecule has 5 atom stereocenters. The number of halogens is 1. The number of benzene rings is 2. The van der Waals surface area contributed by atoms with E-state index in [4.69, 9.17) is 30.7 Å². The molecule has 15 heteroatoms. The molecule has 4 aromatic rings. The van der Waals surface area contributed by atoms with Gasteiger partial charge in [0, 0.05) is 6.42 Å². The van der Waals surface area contributed by atoms with Crippen LogP contribution in [0.15, 0.2) is 67.0 Å². The molecule has 0 aliphatic carbocycles. The van der Waals surface area contributed by atoms with Crippen molar-refractivity contribution in [3.63, 3.8) is 0 Å². The molecule has 2 aromatic heterocycles. The number of nitrogens with two attached hydrogens (primary N) is 1. The molecule has 1 saturated heterocycles. The Hall–Kier alpha value is -4.38. The zero-order valence-electron chi connectivity index (χ0n) is 38.6. The maximum Gasteiger partial charge on any atom is 0.459 e. The number of imidazole rings is 1. The minimum absolute atomic E-state index is 0.0388. The predicted molar refractivity (Wildman–Crippen MR) is 253 cm³/mol. The van der Waals surface area contributed by atoms with Gasteiger partial charge in [-0.05, 0) is 49.8 Å². The number of aromatic nitrogens is 4. The summed E-state index contributed by atoms with van der Waals surface area (Å²) in [6.45, 7) is 3.84. The molecular formula is C50H72FN6O7P. The number of aliphatic hydroxyl groups is 1. The van der Waals surface area contributed by atoms with Gasteiger partial charge in [0.2, 0.25) is 0 Å². The van der Waals surface area contributed by atoms with Gasteiger partial charge < -0.3 is 24.8 Å². The fourth-order valence-corrected chi connectivity index (χ4v) is 9.85. The molecule has 1 aliphatic rings. The lowest BCUT2D eigenvalue weighted by Crippen LogP contribution is -2.45. The van der Waals surface area contributed by atoms with Crippen LogP contribution in [0.5, 0.6) is 5.75 Å². The number of carbonyl (C=O) groups excluding carboxylic acids is 1. The van der Waals surface area contributed by atoms with Crippen molar-refractivity contribution in [3.8, 4) is 18.1 Å². The van der Waals surface area contributed by atoms with Gasteiger partial charge in [-0.3, -0.25) is 13.9 Å². The van der Waals surface area contributed by atoms with Gasteiger partial charge in [-0.1, -0.05) is 171 Å². The number of esters is 1. The standard InChI is InChI=1S/C50H72FN6O7P/c1-4-7-9-11-13-15-17-19-25-31-40(32-26-20-18-16-14-12-10-8-5-2)62-48(59)42(35-39-29-23-21-24-30-39)56-65(60,64-41-33-27-22-28-34-41)61-37-50(6-3)43(58)36-44(63-50)57-38-53-45-46(52)54-49(51)55-47(45)57/h3,21-24,27-30,33-34,38,40,42-44,58H,4-5,7-20,25-26,31-32,35-37H2,1-2H3,(H,56,60)(H2,52,54,55)/t42-,43-,44+,50+,65-/m0/s1. The molecule has 65 heavy (non-hydrogen) atoms. The lowest BCUT2D eigenvalue weighted by Gasteiger charge is -2.30. The fraction of sp³-hybridized carbons (Fsp3) is 0.600. The van der Waals surface area contributed by atoms with Crippen molar-refractivity contribution in [2.75, 3.05) is 12.3 Å². The average Bonchev–Trinajstić information content (AvgIpc) is 3.88. The summed E-state index contributed by atoms with van der Waals surface area (Å²) in [6, 6.07) is 16.7. The Morgan fingerprint density at radius 2 is 1.46 bits per heavy atom. The second-order valence-electron chi connectivity index (χ2n) is 17.4. The first-order valence-corrected chi connectivity index (χ1v) is 25.6. The van der Waals surface area contributed by atoms with Crippen LogP contribution in [0.3, 0.4) is 0 Å². The number of rotatable bonds is 32. The van der Waals surface area contributed by atoms with Crippen LogP contribution in [0.1, 0.15) is 160 Å². The van der Waals surface area contributed by atoms with Crippen molar-refractivity contribution in [1.29, 1.82) is 0 Å². The second kappa shape index (κ2) is 27.3. The van der Waals surface area contributed by atoms with Gasteiger partial charge in [0.05, 0.1) is 6.33 Å². The molecule has 0 bridgehead atoms. The van der Waals surface area contributed by atoms with Gasteiger partial charge in [-0.25, -0.2) is 9.55 Å². The Kier molecular flexibility index (Phi) is 21.7. The zero-order chi connectivity index (χ0) is 46.3. The van der Waals surface area contributed by atoms with Crippen LogP contribution in [0, 0.1) is 18.4 Å². The number of hydrogen-bond acceptors (Lipinski definition) is 11. The largest absolute Gasteiger partial charge is 0.461 e. The summed E-state index contributed by atoms with van der Waals surface area (Å²) >= 11 is 0. The highest BCUT2D eigenvalue weighted by Crippen LogP contribution is 2.48. The first kappa shape index (κ1) is 51.6. The van der Waals surface area contributed by atoms with Crippen LogP contribution in [0.2, 0.25) is 0 Å². The molecular weight excluding hydrogens is 847 g/mol. The lowest BCUT2D eigenvalue weighted by molar-refractivity contribution is -0.152. The molecule has 4 N–H and O–H groups in total. The van der Waals surface area contributed by atoms with E-state index in [-0.39, 0.29) is 41.7 Å². The quantitative estimate of drug-likeness (QED) is 0.0139. The highest BCUT2D eigenvalue weighted by Gasteiger charge is 2.50. The minimum atomic E-state index is -4.53. The molecule has 0 saturated carbocycles. The number of ether oxygens (including phenoxy) is 2. The molecule has 13 nitrogen and oxygen atoms in total. The van der Waals surface area contributed by atoms with Crippen molar-refractivity contribution in [2.24, 2.45) is 0 Å². The van der Waals surface area contributed by atoms with Crippen molar-refractivity contribution < 1.29 is 37.4 Å². The van der Waals surface area contributed by atoms with E-state index in [1.165, 1.54) is 87.9 Å². The zero-order valence-corrected chi connectivity index (χ0v) is 39.5. The Morgan fingerprint density at radius 1 is 0.908 bits per heavy atom. The summed E-state index contributed by atoms with van der Waals surface area (Å²) < 4.78 is 55.6. The molecule has 5 rings (SSSR count). The number of nitrogens with zero attached hydrogens (tertiary/aromatic N) is 4. The van der Waals surface area contributed by atoms with Crippen molar-refractivity contribution in [2.45, 2.75) is 185 Å². The molecule has 3 heterocycles. The Labute approximate surface area is 385 Å². The molecule has 0 amide bonds. The molecule has 2 aromatic carbocycles. The van der Waals surface area contributed by atoms with Crippen LogP contribution < -0.4 is 15.3 Å². The molecule has 0 unspecified atom stereocenters. The first-order chi connectivity index (χ1) is 31.6. The number of terminal acetylenes is 1. The van der Waals surface area contributed by atoms with E-state index in [2.05, 4.69) is 39.8 Å². The molecule has 0 radical (unpaired) electrons. The number of aliphatic hydroxyl groups excluding tert-OH is 1. The summed E-state index contributed by atoms with van der Waals surface area (Å²) in [7, 11) is -4.53. The Morgan fingerprint density at radius 3 is 2.03 bits per heavy atom. The molecule has 356 valence electrons. The van der Waals surface area contributed by atoms with Crippen LogP contribution in [-0.2, 0) is 29.8 Å². The summed E-state index contributed by atoms with van der Waals surface area (Å²) in [5.74, 6) is 1.96.